The number of nitrogens with one attached hydrogen (secondary N) is 1. The Hall–Kier alpha value is -1.29. The molecule has 1 heterocycles. The van der Waals surface area contributed by atoms with Gasteiger partial charge in [-0.15, -0.1) is 0 Å². The molecule has 0 unspecified atom stereocenters. The molecule has 22 heavy (non-hydrogen) atoms. The zero-order chi connectivity index (χ0) is 15.4. The van der Waals surface area contributed by atoms with Gasteiger partial charge in [0.2, 0.25) is 0 Å². The third kappa shape index (κ3) is 3.72. The van der Waals surface area contributed by atoms with Crippen molar-refractivity contribution in [3.8, 4) is 5.75 Å². The van der Waals surface area contributed by atoms with Crippen molar-refractivity contribution < 1.29 is 4.74 Å². The third-order valence-electron chi connectivity index (χ3n) is 5.00. The maximum atomic E-state index is 5.62. The Morgan fingerprint density at radius 2 is 1.91 bits per heavy atom. The standard InChI is InChI=1S/C18H26N2OS/c1-2-21-17-9-7-16(8-10-17)19-18(22)20-12-11-14-5-3-4-6-15(14)13-20/h7-10,14-15H,2-6,11-13H2,1H3,(H,19,22)/t14-,15+/m1/s1. The first-order chi connectivity index (χ1) is 10.8. The van der Waals surface area contributed by atoms with Crippen LogP contribution in [0.2, 0.25) is 0 Å². The molecule has 1 saturated heterocycles. The summed E-state index contributed by atoms with van der Waals surface area (Å²) in [6.45, 7) is 4.93. The van der Waals surface area contributed by atoms with E-state index in [-0.39, 0.29) is 0 Å². The van der Waals surface area contributed by atoms with Crippen LogP contribution in [-0.4, -0.2) is 29.7 Å². The average Bonchev–Trinajstić information content (AvgIpc) is 2.56. The number of piperidine rings is 1. The summed E-state index contributed by atoms with van der Waals surface area (Å²) in [6, 6.07) is 8.04. The van der Waals surface area contributed by atoms with Crippen LogP contribution in [0.3, 0.4) is 0 Å². The Balaban J connectivity index is 1.55. The van der Waals surface area contributed by atoms with Gasteiger partial charge in [0.05, 0.1) is 6.61 Å². The number of hydrogen-bond donors (Lipinski definition) is 1. The zero-order valence-electron chi connectivity index (χ0n) is 13.4. The Labute approximate surface area is 139 Å². The van der Waals surface area contributed by atoms with Crippen LogP contribution in [0, 0.1) is 11.8 Å². The van der Waals surface area contributed by atoms with E-state index in [0.717, 1.165) is 41.5 Å². The monoisotopic (exact) mass is 318 g/mol. The van der Waals surface area contributed by atoms with Crippen molar-refractivity contribution >= 4 is 23.0 Å². The molecule has 2 aliphatic rings. The van der Waals surface area contributed by atoms with Crippen molar-refractivity contribution in [3.05, 3.63) is 24.3 Å². The molecule has 1 N–H and O–H groups in total. The van der Waals surface area contributed by atoms with Gasteiger partial charge < -0.3 is 15.0 Å². The van der Waals surface area contributed by atoms with E-state index in [4.69, 9.17) is 17.0 Å². The van der Waals surface area contributed by atoms with Crippen LogP contribution in [0.15, 0.2) is 24.3 Å². The average molecular weight is 318 g/mol. The van der Waals surface area contributed by atoms with Gasteiger partial charge in [-0.3, -0.25) is 0 Å². The molecule has 2 atom stereocenters. The van der Waals surface area contributed by atoms with Crippen LogP contribution in [-0.2, 0) is 0 Å². The first-order valence-corrected chi connectivity index (χ1v) is 8.96. The summed E-state index contributed by atoms with van der Waals surface area (Å²) in [6.07, 6.45) is 6.93. The fraction of sp³-hybridized carbons (Fsp3) is 0.611. The van der Waals surface area contributed by atoms with Crippen molar-refractivity contribution in [1.29, 1.82) is 0 Å². The molecule has 120 valence electrons. The summed E-state index contributed by atoms with van der Waals surface area (Å²) in [5, 5.41) is 4.25. The Kier molecular flexibility index (Phi) is 5.19. The molecule has 1 aliphatic heterocycles. The first kappa shape index (κ1) is 15.6. The molecular formula is C18H26N2OS. The maximum absolute atomic E-state index is 5.62. The van der Waals surface area contributed by atoms with Gasteiger partial charge in [0, 0.05) is 18.8 Å². The fourth-order valence-electron chi connectivity index (χ4n) is 3.79. The summed E-state index contributed by atoms with van der Waals surface area (Å²) in [5.41, 5.74) is 1.04. The summed E-state index contributed by atoms with van der Waals surface area (Å²) >= 11 is 5.62. The van der Waals surface area contributed by atoms with Gasteiger partial charge >= 0.3 is 0 Å². The van der Waals surface area contributed by atoms with Crippen LogP contribution in [0.4, 0.5) is 5.69 Å². The number of rotatable bonds is 3. The molecule has 0 aromatic heterocycles. The number of hydrogen-bond acceptors (Lipinski definition) is 2. The summed E-state index contributed by atoms with van der Waals surface area (Å²) in [5.74, 6) is 2.70. The van der Waals surface area contributed by atoms with Crippen LogP contribution in [0.5, 0.6) is 5.75 Å². The normalized spacial score (nSPS) is 24.5. The van der Waals surface area contributed by atoms with Gasteiger partial charge in [0.15, 0.2) is 5.11 Å². The lowest BCUT2D eigenvalue weighted by Gasteiger charge is -2.42. The highest BCUT2D eigenvalue weighted by Crippen LogP contribution is 2.36. The fourth-order valence-corrected chi connectivity index (χ4v) is 4.07. The van der Waals surface area contributed by atoms with Crippen molar-refractivity contribution in [3.63, 3.8) is 0 Å². The number of ether oxygens (including phenoxy) is 1. The third-order valence-corrected chi connectivity index (χ3v) is 5.36. The molecule has 0 amide bonds. The van der Waals surface area contributed by atoms with Crippen molar-refractivity contribution in [2.45, 2.75) is 39.0 Å². The van der Waals surface area contributed by atoms with Gasteiger partial charge in [-0.05, 0) is 68.1 Å². The van der Waals surface area contributed by atoms with Gasteiger partial charge in [-0.2, -0.15) is 0 Å². The zero-order valence-corrected chi connectivity index (χ0v) is 14.2. The molecule has 3 nitrogen and oxygen atoms in total. The van der Waals surface area contributed by atoms with Crippen LogP contribution < -0.4 is 10.1 Å². The SMILES string of the molecule is CCOc1ccc(NC(=S)N2CC[C@H]3CCCC[C@H]3C2)cc1. The Bertz CT molecular complexity index is 502. The molecule has 4 heteroatoms. The topological polar surface area (TPSA) is 24.5 Å². The van der Waals surface area contributed by atoms with E-state index in [1.807, 2.05) is 31.2 Å². The second kappa shape index (κ2) is 7.32. The lowest BCUT2D eigenvalue weighted by Crippen LogP contribution is -2.46. The predicted molar refractivity (Wildman–Crippen MR) is 95.5 cm³/mol. The highest BCUT2D eigenvalue weighted by molar-refractivity contribution is 7.80. The summed E-state index contributed by atoms with van der Waals surface area (Å²) < 4.78 is 5.47. The Morgan fingerprint density at radius 3 is 2.64 bits per heavy atom. The molecule has 1 aromatic carbocycles. The second-order valence-electron chi connectivity index (χ2n) is 6.43. The smallest absolute Gasteiger partial charge is 0.173 e. The minimum absolute atomic E-state index is 0.696. The molecular weight excluding hydrogens is 292 g/mol. The highest BCUT2D eigenvalue weighted by Gasteiger charge is 2.31. The number of anilines is 1. The van der Waals surface area contributed by atoms with Crippen molar-refractivity contribution in [2.75, 3.05) is 25.0 Å². The molecule has 3 rings (SSSR count). The highest BCUT2D eigenvalue weighted by atomic mass is 32.1. The molecule has 0 radical (unpaired) electrons. The van der Waals surface area contributed by atoms with Gasteiger partial charge in [-0.25, -0.2) is 0 Å². The number of fused-ring (bicyclic) bond motifs is 1. The lowest BCUT2D eigenvalue weighted by molar-refractivity contribution is 0.131. The van der Waals surface area contributed by atoms with E-state index >= 15 is 0 Å². The van der Waals surface area contributed by atoms with E-state index in [1.165, 1.54) is 32.1 Å². The van der Waals surface area contributed by atoms with E-state index in [9.17, 15) is 0 Å². The van der Waals surface area contributed by atoms with Gasteiger partial charge in [0.1, 0.15) is 5.75 Å². The molecule has 1 saturated carbocycles. The number of thiocarbonyl (C=S) groups is 1. The van der Waals surface area contributed by atoms with E-state index in [1.54, 1.807) is 0 Å². The molecule has 1 aliphatic carbocycles. The number of nitrogens with zero attached hydrogens (tertiary/aromatic N) is 1. The van der Waals surface area contributed by atoms with Crippen LogP contribution in [0.1, 0.15) is 39.0 Å². The number of benzene rings is 1. The summed E-state index contributed by atoms with van der Waals surface area (Å²) in [4.78, 5) is 2.36. The maximum Gasteiger partial charge on any atom is 0.173 e. The number of likely N-dealkylation sites (tertiary alicyclic amines) is 1. The minimum atomic E-state index is 0.696. The van der Waals surface area contributed by atoms with Crippen LogP contribution >= 0.6 is 12.2 Å². The van der Waals surface area contributed by atoms with E-state index in [2.05, 4.69) is 10.2 Å². The molecule has 2 fully saturated rings. The lowest BCUT2D eigenvalue weighted by atomic mass is 9.75. The minimum Gasteiger partial charge on any atom is -0.494 e. The predicted octanol–water partition coefficient (Wildman–Crippen LogP) is 4.29. The second-order valence-corrected chi connectivity index (χ2v) is 6.81. The molecule has 0 bridgehead atoms. The Morgan fingerprint density at radius 1 is 1.18 bits per heavy atom. The van der Waals surface area contributed by atoms with Gasteiger partial charge in [0.25, 0.3) is 0 Å². The quantitative estimate of drug-likeness (QED) is 0.840. The van der Waals surface area contributed by atoms with Crippen molar-refractivity contribution in [1.82, 2.24) is 4.90 Å². The molecule has 0 spiro atoms. The largest absolute Gasteiger partial charge is 0.494 e. The van der Waals surface area contributed by atoms with Gasteiger partial charge in [-0.1, -0.05) is 19.3 Å². The van der Waals surface area contributed by atoms with E-state index in [0.29, 0.717) is 6.61 Å². The van der Waals surface area contributed by atoms with E-state index < -0.39 is 0 Å². The summed E-state index contributed by atoms with van der Waals surface area (Å²) in [7, 11) is 0. The first-order valence-electron chi connectivity index (χ1n) is 8.55. The molecule has 1 aromatic rings. The van der Waals surface area contributed by atoms with Crippen molar-refractivity contribution in [2.24, 2.45) is 11.8 Å². The van der Waals surface area contributed by atoms with Crippen LogP contribution in [0.25, 0.3) is 0 Å².